The van der Waals surface area contributed by atoms with E-state index in [-0.39, 0.29) is 24.7 Å². The second kappa shape index (κ2) is 17.8. The lowest BCUT2D eigenvalue weighted by Gasteiger charge is -2.32. The lowest BCUT2D eigenvalue weighted by molar-refractivity contribution is -0.145. The van der Waals surface area contributed by atoms with Gasteiger partial charge >= 0.3 is 5.97 Å². The second-order valence-electron chi connectivity index (χ2n) is 13.8. The number of carbonyl (C=O) groups is 1. The summed E-state index contributed by atoms with van der Waals surface area (Å²) in [5.74, 6) is 0.205. The second-order valence-corrected chi connectivity index (χ2v) is 15.1. The number of furan rings is 1. The normalized spacial score (nSPS) is 14.3. The molecule has 0 bridgehead atoms. The number of likely N-dealkylation sites (N-methyl/N-ethyl adjacent to an activating group) is 1. The molecule has 1 N–H and O–H groups in total. The molecule has 0 saturated carbocycles. The first-order valence-electron chi connectivity index (χ1n) is 18.7. The van der Waals surface area contributed by atoms with Gasteiger partial charge in [-0.3, -0.25) is 9.58 Å². The van der Waals surface area contributed by atoms with Crippen LogP contribution >= 0.6 is 22.9 Å². The molecule has 56 heavy (non-hydrogen) atoms. The molecule has 7 rings (SSSR count). The molecule has 1 fully saturated rings. The fourth-order valence-electron chi connectivity index (χ4n) is 6.73. The SMILES string of the molecule is CCCCn1nccc1COc1ccccc1C[C@@H](Oc1ncnc2sc(-c3ccc(F)o3)c(-c3ccc(OCCN4CCN(C)CC4)c(Cl)c3C)c12)C(=O)O. The zero-order valence-electron chi connectivity index (χ0n) is 31.5. The highest BCUT2D eigenvalue weighted by Crippen LogP contribution is 2.49. The Hall–Kier alpha value is -5.02. The molecule has 0 unspecified atom stereocenters. The molecule has 4 aromatic heterocycles. The van der Waals surface area contributed by atoms with E-state index >= 15 is 0 Å². The number of hydrogen-bond donors (Lipinski definition) is 1. The van der Waals surface area contributed by atoms with Crippen LogP contribution in [0.25, 0.3) is 32.0 Å². The van der Waals surface area contributed by atoms with Crippen molar-refractivity contribution >= 4 is 39.1 Å². The number of halogens is 2. The number of ether oxygens (including phenoxy) is 3. The maximum Gasteiger partial charge on any atom is 0.345 e. The quantitative estimate of drug-likeness (QED) is 0.0964. The largest absolute Gasteiger partial charge is 0.491 e. The maximum atomic E-state index is 14.3. The number of carboxylic acid groups (broad SMARTS) is 1. The minimum absolute atomic E-state index is 0.0210. The van der Waals surface area contributed by atoms with Crippen LogP contribution in [0.1, 0.15) is 36.6 Å². The Morgan fingerprint density at radius 3 is 2.62 bits per heavy atom. The standard InChI is InChI=1S/C41H44ClFN6O6S/c1-4-5-16-49-28(14-15-46-49)24-53-30-9-7-6-8-27(30)23-33(41(50)51)55-39-36-35(38(32-12-13-34(43)54-32)56-40(36)45-25-44-39)29-10-11-31(37(42)26(29)2)52-22-21-48-19-17-47(3)18-20-48/h6-15,25,33H,4-5,16-24H2,1-3H3,(H,50,51)/t33-/m1/s1. The predicted molar refractivity (Wildman–Crippen MR) is 213 cm³/mol. The average Bonchev–Trinajstić information content (AvgIpc) is 3.94. The number of aromatic nitrogens is 4. The molecule has 1 atom stereocenters. The van der Waals surface area contributed by atoms with E-state index in [2.05, 4.69) is 38.8 Å². The Labute approximate surface area is 333 Å². The first-order chi connectivity index (χ1) is 27.2. The van der Waals surface area contributed by atoms with Gasteiger partial charge in [0.15, 0.2) is 0 Å². The van der Waals surface area contributed by atoms with Gasteiger partial charge in [-0.05, 0) is 61.3 Å². The first-order valence-corrected chi connectivity index (χ1v) is 19.9. The number of aryl methyl sites for hydroxylation is 1. The van der Waals surface area contributed by atoms with E-state index in [4.69, 9.17) is 30.2 Å². The van der Waals surface area contributed by atoms with Gasteiger partial charge in [-0.25, -0.2) is 14.8 Å². The highest BCUT2D eigenvalue weighted by molar-refractivity contribution is 7.22. The molecule has 1 saturated heterocycles. The molecular formula is C41H44ClFN6O6S. The molecular weight excluding hydrogens is 759 g/mol. The molecule has 0 aliphatic carbocycles. The molecule has 5 heterocycles. The van der Waals surface area contributed by atoms with Crippen LogP contribution in [0.4, 0.5) is 4.39 Å². The van der Waals surface area contributed by atoms with Crippen LogP contribution in [-0.4, -0.2) is 93.1 Å². The highest BCUT2D eigenvalue weighted by atomic mass is 35.5. The number of nitrogens with zero attached hydrogens (tertiary/aromatic N) is 6. The average molecular weight is 803 g/mol. The van der Waals surface area contributed by atoms with Crippen molar-refractivity contribution in [2.45, 2.75) is 52.4 Å². The van der Waals surface area contributed by atoms with Gasteiger partial charge in [-0.15, -0.1) is 11.3 Å². The number of fused-ring (bicyclic) bond motifs is 1. The lowest BCUT2D eigenvalue weighted by Crippen LogP contribution is -2.45. The Kier molecular flexibility index (Phi) is 12.5. The number of carboxylic acids is 1. The van der Waals surface area contributed by atoms with Gasteiger partial charge in [0.2, 0.25) is 12.0 Å². The summed E-state index contributed by atoms with van der Waals surface area (Å²) in [7, 11) is 2.12. The van der Waals surface area contributed by atoms with Crippen LogP contribution in [0.15, 0.2) is 71.5 Å². The van der Waals surface area contributed by atoms with Crippen LogP contribution in [-0.2, 0) is 24.4 Å². The number of rotatable bonds is 17. The monoisotopic (exact) mass is 802 g/mol. The third-order valence-electron chi connectivity index (χ3n) is 9.94. The van der Waals surface area contributed by atoms with Gasteiger partial charge in [0.05, 0.1) is 21.0 Å². The predicted octanol–water partition coefficient (Wildman–Crippen LogP) is 8.00. The van der Waals surface area contributed by atoms with Crippen LogP contribution in [0.2, 0.25) is 5.02 Å². The molecule has 1 aliphatic heterocycles. The van der Waals surface area contributed by atoms with Gasteiger partial charge < -0.3 is 28.6 Å². The molecule has 15 heteroatoms. The number of hydrogen-bond acceptors (Lipinski definition) is 11. The summed E-state index contributed by atoms with van der Waals surface area (Å²) in [5, 5.41) is 15.8. The summed E-state index contributed by atoms with van der Waals surface area (Å²) >= 11 is 8.24. The number of aliphatic carboxylic acids is 1. The van der Waals surface area contributed by atoms with Crippen LogP contribution in [0.5, 0.6) is 17.4 Å². The minimum atomic E-state index is -1.36. The number of para-hydroxylation sites is 1. The highest BCUT2D eigenvalue weighted by Gasteiger charge is 2.29. The van der Waals surface area contributed by atoms with Crippen LogP contribution in [0.3, 0.4) is 0 Å². The Morgan fingerprint density at radius 2 is 1.86 bits per heavy atom. The topological polar surface area (TPSA) is 128 Å². The smallest absolute Gasteiger partial charge is 0.345 e. The van der Waals surface area contributed by atoms with Crippen molar-refractivity contribution in [3.05, 3.63) is 95.0 Å². The molecule has 6 aromatic rings. The molecule has 2 aromatic carbocycles. The van der Waals surface area contributed by atoms with E-state index in [0.29, 0.717) is 60.5 Å². The van der Waals surface area contributed by atoms with Gasteiger partial charge in [0.1, 0.15) is 41.6 Å². The molecule has 0 spiro atoms. The summed E-state index contributed by atoms with van der Waals surface area (Å²) in [6.45, 7) is 10.3. The van der Waals surface area contributed by atoms with Crippen molar-refractivity contribution in [3.63, 3.8) is 0 Å². The third-order valence-corrected chi connectivity index (χ3v) is 11.5. The fourth-order valence-corrected chi connectivity index (χ4v) is 8.06. The first kappa shape index (κ1) is 39.2. The molecule has 294 valence electrons. The van der Waals surface area contributed by atoms with E-state index in [1.807, 2.05) is 54.1 Å². The van der Waals surface area contributed by atoms with Crippen molar-refractivity contribution < 1.29 is 32.9 Å². The fraction of sp³-hybridized carbons (Fsp3) is 0.366. The van der Waals surface area contributed by atoms with Crippen LogP contribution in [0, 0.1) is 12.9 Å². The Morgan fingerprint density at radius 1 is 1.04 bits per heavy atom. The summed E-state index contributed by atoms with van der Waals surface area (Å²) < 4.78 is 40.4. The van der Waals surface area contributed by atoms with Crippen molar-refractivity contribution in [2.24, 2.45) is 0 Å². The summed E-state index contributed by atoms with van der Waals surface area (Å²) in [6.07, 6.45) is 3.73. The summed E-state index contributed by atoms with van der Waals surface area (Å²) in [6, 6.07) is 14.9. The van der Waals surface area contributed by atoms with E-state index in [1.165, 1.54) is 29.8 Å². The van der Waals surface area contributed by atoms with E-state index < -0.39 is 18.1 Å². The van der Waals surface area contributed by atoms with E-state index in [0.717, 1.165) is 57.8 Å². The minimum Gasteiger partial charge on any atom is -0.491 e. The van der Waals surface area contributed by atoms with Crippen molar-refractivity contribution in [3.8, 4) is 39.1 Å². The van der Waals surface area contributed by atoms with Crippen LogP contribution < -0.4 is 14.2 Å². The Bertz CT molecular complexity index is 2290. The van der Waals surface area contributed by atoms with E-state index in [1.54, 1.807) is 6.20 Å². The van der Waals surface area contributed by atoms with Crippen molar-refractivity contribution in [1.82, 2.24) is 29.5 Å². The zero-order chi connectivity index (χ0) is 39.2. The third kappa shape index (κ3) is 8.83. The molecule has 1 aliphatic rings. The maximum absolute atomic E-state index is 14.3. The zero-order valence-corrected chi connectivity index (χ0v) is 33.1. The molecule has 12 nitrogen and oxygen atoms in total. The van der Waals surface area contributed by atoms with Gasteiger partial charge in [0, 0.05) is 63.5 Å². The number of piperazine rings is 1. The summed E-state index contributed by atoms with van der Waals surface area (Å²) in [4.78, 5) is 27.5. The number of thiophene rings is 1. The van der Waals surface area contributed by atoms with Crippen molar-refractivity contribution in [1.29, 1.82) is 0 Å². The molecule has 0 radical (unpaired) electrons. The van der Waals surface area contributed by atoms with Gasteiger partial charge in [-0.2, -0.15) is 9.49 Å². The number of benzene rings is 2. The molecule has 0 amide bonds. The van der Waals surface area contributed by atoms with Gasteiger partial charge in [-0.1, -0.05) is 49.2 Å². The van der Waals surface area contributed by atoms with Gasteiger partial charge in [0.25, 0.3) is 6.01 Å². The summed E-state index contributed by atoms with van der Waals surface area (Å²) in [5.41, 5.74) is 3.52. The van der Waals surface area contributed by atoms with Crippen molar-refractivity contribution in [2.75, 3.05) is 46.4 Å². The number of unbranched alkanes of at least 4 members (excludes halogenated alkanes) is 1. The Balaban J connectivity index is 1.19. The van der Waals surface area contributed by atoms with E-state index in [9.17, 15) is 14.3 Å². The lowest BCUT2D eigenvalue weighted by atomic mass is 9.97.